The third kappa shape index (κ3) is 6.38. The van der Waals surface area contributed by atoms with Gasteiger partial charge in [-0.2, -0.15) is 0 Å². The predicted octanol–water partition coefficient (Wildman–Crippen LogP) is 2.40. The van der Waals surface area contributed by atoms with Crippen LogP contribution in [0.3, 0.4) is 0 Å². The van der Waals surface area contributed by atoms with E-state index in [0.717, 1.165) is 16.8 Å². The number of amides is 2. The molecule has 2 amide bonds. The van der Waals surface area contributed by atoms with Crippen molar-refractivity contribution in [1.82, 2.24) is 10.0 Å². The van der Waals surface area contributed by atoms with Crippen LogP contribution in [0.2, 0.25) is 0 Å². The predicted molar refractivity (Wildman–Crippen MR) is 121 cm³/mol. The summed E-state index contributed by atoms with van der Waals surface area (Å²) in [6, 6.07) is 17.0. The normalized spacial score (nSPS) is 16.7. The molecular weight excluding hydrogens is 414 g/mol. The van der Waals surface area contributed by atoms with Gasteiger partial charge < -0.3 is 10.2 Å². The van der Waals surface area contributed by atoms with Gasteiger partial charge >= 0.3 is 0 Å². The molecule has 0 spiro atoms. The minimum absolute atomic E-state index is 0.00349. The average molecular weight is 444 g/mol. The summed E-state index contributed by atoms with van der Waals surface area (Å²) in [6.07, 6.45) is 0.122. The van der Waals surface area contributed by atoms with Crippen molar-refractivity contribution < 1.29 is 18.0 Å². The topological polar surface area (TPSA) is 95.6 Å². The molecule has 0 aliphatic carbocycles. The summed E-state index contributed by atoms with van der Waals surface area (Å²) in [4.78, 5) is 26.6. The van der Waals surface area contributed by atoms with Gasteiger partial charge in [-0.05, 0) is 29.2 Å². The van der Waals surface area contributed by atoms with Crippen molar-refractivity contribution in [2.24, 2.45) is 5.92 Å². The molecule has 1 atom stereocenters. The van der Waals surface area contributed by atoms with Crippen LogP contribution in [0.4, 0.5) is 5.69 Å². The van der Waals surface area contributed by atoms with Crippen LogP contribution >= 0.6 is 0 Å². The number of benzene rings is 2. The fourth-order valence-corrected chi connectivity index (χ4v) is 4.40. The van der Waals surface area contributed by atoms with Crippen molar-refractivity contribution in [3.63, 3.8) is 0 Å². The van der Waals surface area contributed by atoms with Crippen molar-refractivity contribution >= 4 is 27.5 Å². The van der Waals surface area contributed by atoms with Gasteiger partial charge in [0, 0.05) is 31.7 Å². The number of rotatable bonds is 9. The number of nitrogens with zero attached hydrogens (tertiary/aromatic N) is 1. The Labute approximate surface area is 183 Å². The minimum atomic E-state index is -3.52. The number of sulfonamides is 1. The highest BCUT2D eigenvalue weighted by Gasteiger charge is 2.35. The molecule has 0 radical (unpaired) electrons. The highest BCUT2D eigenvalue weighted by atomic mass is 32.2. The van der Waals surface area contributed by atoms with Gasteiger partial charge in [0.25, 0.3) is 0 Å². The quantitative estimate of drug-likeness (QED) is 0.622. The number of carbonyl (C=O) groups excluding carboxylic acids is 2. The number of nitrogens with one attached hydrogen (secondary N) is 2. The van der Waals surface area contributed by atoms with E-state index in [2.05, 4.69) is 23.9 Å². The van der Waals surface area contributed by atoms with Gasteiger partial charge in [-0.15, -0.1) is 0 Å². The molecule has 1 aliphatic rings. The highest BCUT2D eigenvalue weighted by Crippen LogP contribution is 2.27. The Morgan fingerprint density at radius 2 is 1.87 bits per heavy atom. The number of hydrogen-bond donors (Lipinski definition) is 2. The fraction of sp³-hybridized carbons (Fsp3) is 0.391. The zero-order chi connectivity index (χ0) is 22.4. The van der Waals surface area contributed by atoms with Gasteiger partial charge in [-0.25, -0.2) is 13.1 Å². The van der Waals surface area contributed by atoms with Gasteiger partial charge in [0.1, 0.15) is 0 Å². The molecule has 2 N–H and O–H groups in total. The smallest absolute Gasteiger partial charge is 0.227 e. The van der Waals surface area contributed by atoms with Gasteiger partial charge in [0.15, 0.2) is 0 Å². The summed E-state index contributed by atoms with van der Waals surface area (Å²) >= 11 is 0. The SMILES string of the molecule is CC(C)c1cccc(N2CC(C(=O)NCCS(=O)(=O)NCc3ccccc3)CC2=O)c1. The molecule has 1 heterocycles. The number of hydrogen-bond acceptors (Lipinski definition) is 4. The Hall–Kier alpha value is -2.71. The van der Waals surface area contributed by atoms with Crippen molar-refractivity contribution in [3.05, 3.63) is 65.7 Å². The molecule has 1 unspecified atom stereocenters. The van der Waals surface area contributed by atoms with E-state index in [9.17, 15) is 18.0 Å². The lowest BCUT2D eigenvalue weighted by molar-refractivity contribution is -0.126. The Balaban J connectivity index is 1.49. The van der Waals surface area contributed by atoms with Gasteiger partial charge in [0.05, 0.1) is 11.7 Å². The third-order valence-corrected chi connectivity index (χ3v) is 6.68. The Morgan fingerprint density at radius 1 is 1.13 bits per heavy atom. The Kier molecular flexibility index (Phi) is 7.46. The lowest BCUT2D eigenvalue weighted by atomic mass is 10.0. The van der Waals surface area contributed by atoms with Crippen molar-refractivity contribution in [3.8, 4) is 0 Å². The minimum Gasteiger partial charge on any atom is -0.355 e. The first kappa shape index (κ1) is 23.0. The largest absolute Gasteiger partial charge is 0.355 e. The molecule has 0 aromatic heterocycles. The summed E-state index contributed by atoms with van der Waals surface area (Å²) in [7, 11) is -3.52. The van der Waals surface area contributed by atoms with Gasteiger partial charge in [0.2, 0.25) is 21.8 Å². The molecule has 2 aromatic carbocycles. The van der Waals surface area contributed by atoms with E-state index in [1.54, 1.807) is 4.90 Å². The van der Waals surface area contributed by atoms with E-state index >= 15 is 0 Å². The zero-order valence-corrected chi connectivity index (χ0v) is 18.7. The molecule has 0 saturated carbocycles. The molecule has 8 heteroatoms. The Bertz CT molecular complexity index is 1020. The van der Waals surface area contributed by atoms with Crippen molar-refractivity contribution in [2.75, 3.05) is 23.7 Å². The maximum Gasteiger partial charge on any atom is 0.227 e. The summed E-state index contributed by atoms with van der Waals surface area (Å²) in [5, 5.41) is 2.66. The molecule has 1 saturated heterocycles. The molecule has 0 bridgehead atoms. The van der Waals surface area contributed by atoms with Crippen LogP contribution in [0, 0.1) is 5.92 Å². The lowest BCUT2D eigenvalue weighted by Gasteiger charge is -2.18. The second-order valence-electron chi connectivity index (χ2n) is 8.07. The fourth-order valence-electron chi connectivity index (χ4n) is 3.50. The summed E-state index contributed by atoms with van der Waals surface area (Å²) in [5.74, 6) is -0.761. The molecule has 31 heavy (non-hydrogen) atoms. The molecule has 166 valence electrons. The van der Waals surface area contributed by atoms with Crippen LogP contribution in [-0.4, -0.2) is 39.1 Å². The van der Waals surface area contributed by atoms with E-state index < -0.39 is 15.9 Å². The standard InChI is InChI=1S/C23H29N3O4S/c1-17(2)19-9-6-10-21(13-19)26-16-20(14-22(26)27)23(28)24-11-12-31(29,30)25-15-18-7-4-3-5-8-18/h3-10,13,17,20,25H,11-12,14-16H2,1-2H3,(H,24,28). The molecule has 3 rings (SSSR count). The monoisotopic (exact) mass is 443 g/mol. The maximum atomic E-state index is 12.5. The average Bonchev–Trinajstić information content (AvgIpc) is 3.15. The molecule has 7 nitrogen and oxygen atoms in total. The van der Waals surface area contributed by atoms with Crippen LogP contribution in [-0.2, 0) is 26.2 Å². The summed E-state index contributed by atoms with van der Waals surface area (Å²) < 4.78 is 26.8. The molecule has 1 aliphatic heterocycles. The number of anilines is 1. The first-order chi connectivity index (χ1) is 14.7. The van der Waals surface area contributed by atoms with Gasteiger partial charge in [-0.3, -0.25) is 9.59 Å². The summed E-state index contributed by atoms with van der Waals surface area (Å²) in [6.45, 7) is 4.67. The molecule has 2 aromatic rings. The van der Waals surface area contributed by atoms with E-state index in [0.29, 0.717) is 12.5 Å². The van der Waals surface area contributed by atoms with Gasteiger partial charge in [-0.1, -0.05) is 56.3 Å². The second kappa shape index (κ2) is 10.1. The van der Waals surface area contributed by atoms with Crippen LogP contribution in [0.25, 0.3) is 0 Å². The second-order valence-corrected chi connectivity index (χ2v) is 10.00. The third-order valence-electron chi connectivity index (χ3n) is 5.35. The van der Waals surface area contributed by atoms with Crippen molar-refractivity contribution in [1.29, 1.82) is 0 Å². The van der Waals surface area contributed by atoms with Crippen LogP contribution in [0.5, 0.6) is 0 Å². The van der Waals surface area contributed by atoms with E-state index in [-0.39, 0.29) is 37.1 Å². The van der Waals surface area contributed by atoms with Crippen molar-refractivity contribution in [2.45, 2.75) is 32.7 Å². The molecular formula is C23H29N3O4S. The first-order valence-electron chi connectivity index (χ1n) is 10.4. The summed E-state index contributed by atoms with van der Waals surface area (Å²) in [5.41, 5.74) is 2.78. The van der Waals surface area contributed by atoms with E-state index in [1.165, 1.54) is 0 Å². The van der Waals surface area contributed by atoms with E-state index in [1.807, 2.05) is 54.6 Å². The Morgan fingerprint density at radius 3 is 2.58 bits per heavy atom. The van der Waals surface area contributed by atoms with Crippen LogP contribution in [0.15, 0.2) is 54.6 Å². The highest BCUT2D eigenvalue weighted by molar-refractivity contribution is 7.89. The number of carbonyl (C=O) groups is 2. The molecule has 1 fully saturated rings. The van der Waals surface area contributed by atoms with Crippen LogP contribution < -0.4 is 14.9 Å². The van der Waals surface area contributed by atoms with E-state index in [4.69, 9.17) is 0 Å². The van der Waals surface area contributed by atoms with Crippen LogP contribution in [0.1, 0.15) is 37.3 Å². The zero-order valence-electron chi connectivity index (χ0n) is 17.9. The maximum absolute atomic E-state index is 12.5. The first-order valence-corrected chi connectivity index (χ1v) is 12.1. The lowest BCUT2D eigenvalue weighted by Crippen LogP contribution is -2.38.